The highest BCUT2D eigenvalue weighted by atomic mass is 35.5. The van der Waals surface area contributed by atoms with E-state index in [-0.39, 0.29) is 18.5 Å². The first-order valence-corrected chi connectivity index (χ1v) is 9.33. The van der Waals surface area contributed by atoms with Crippen LogP contribution in [0.1, 0.15) is 11.5 Å². The minimum absolute atomic E-state index is 0.0636. The Morgan fingerprint density at radius 2 is 1.87 bits per heavy atom. The van der Waals surface area contributed by atoms with E-state index in [1.165, 1.54) is 6.21 Å². The van der Waals surface area contributed by atoms with E-state index in [1.807, 2.05) is 42.5 Å². The third-order valence-electron chi connectivity index (χ3n) is 4.02. The molecule has 150 valence electrons. The van der Waals surface area contributed by atoms with E-state index in [9.17, 15) is 4.79 Å². The van der Waals surface area contributed by atoms with Crippen LogP contribution in [0.4, 0.5) is 10.8 Å². The monoisotopic (exact) mass is 421 g/mol. The Kier molecular flexibility index (Phi) is 5.86. The molecular formula is C21H16ClN5O3. The van der Waals surface area contributed by atoms with E-state index >= 15 is 0 Å². The SMILES string of the molecule is O=C(N/N=C\c1ccc(Cl)cc1)Nc1nnc(COc2ccc3ccccc3c2)o1. The number of amides is 2. The van der Waals surface area contributed by atoms with Crippen molar-refractivity contribution in [3.8, 4) is 5.75 Å². The molecule has 0 unspecified atom stereocenters. The molecule has 8 nitrogen and oxygen atoms in total. The van der Waals surface area contributed by atoms with Crippen LogP contribution in [0.25, 0.3) is 10.8 Å². The zero-order valence-electron chi connectivity index (χ0n) is 15.6. The minimum Gasteiger partial charge on any atom is -0.484 e. The highest BCUT2D eigenvalue weighted by Gasteiger charge is 2.10. The van der Waals surface area contributed by atoms with Gasteiger partial charge in [0, 0.05) is 5.02 Å². The Labute approximate surface area is 176 Å². The summed E-state index contributed by atoms with van der Waals surface area (Å²) in [6.45, 7) is 0.0728. The number of carbonyl (C=O) groups is 1. The number of hydrazone groups is 1. The molecular weight excluding hydrogens is 406 g/mol. The average molecular weight is 422 g/mol. The Morgan fingerprint density at radius 3 is 2.70 bits per heavy atom. The molecule has 1 heterocycles. The van der Waals surface area contributed by atoms with Crippen molar-refractivity contribution in [2.24, 2.45) is 5.10 Å². The first-order chi connectivity index (χ1) is 14.7. The maximum absolute atomic E-state index is 11.9. The summed E-state index contributed by atoms with van der Waals surface area (Å²) in [5, 5.41) is 16.6. The summed E-state index contributed by atoms with van der Waals surface area (Å²) in [4.78, 5) is 11.9. The standard InChI is InChI=1S/C21H16ClN5O3/c22-17-8-5-14(6-9-17)12-23-26-20(28)24-21-27-25-19(30-21)13-29-18-10-7-15-3-1-2-4-16(15)11-18/h1-12H,13H2,(H2,24,26,27,28)/b23-12-. The number of anilines is 1. The first-order valence-electron chi connectivity index (χ1n) is 8.95. The third-order valence-corrected chi connectivity index (χ3v) is 4.27. The van der Waals surface area contributed by atoms with Gasteiger partial charge in [-0.15, -0.1) is 5.10 Å². The van der Waals surface area contributed by atoms with E-state index in [2.05, 4.69) is 26.0 Å². The normalized spacial score (nSPS) is 11.0. The Bertz CT molecular complexity index is 1190. The van der Waals surface area contributed by atoms with Crippen LogP contribution in [-0.2, 0) is 6.61 Å². The maximum Gasteiger partial charge on any atom is 0.343 e. The van der Waals surface area contributed by atoms with E-state index in [0.717, 1.165) is 16.3 Å². The Balaban J connectivity index is 1.27. The molecule has 30 heavy (non-hydrogen) atoms. The summed E-state index contributed by atoms with van der Waals surface area (Å²) in [5.74, 6) is 0.902. The largest absolute Gasteiger partial charge is 0.484 e. The highest BCUT2D eigenvalue weighted by molar-refractivity contribution is 6.30. The second-order valence-corrected chi connectivity index (χ2v) is 6.61. The van der Waals surface area contributed by atoms with Crippen molar-refractivity contribution in [2.45, 2.75) is 6.61 Å². The summed E-state index contributed by atoms with van der Waals surface area (Å²) in [6, 6.07) is 20.0. The van der Waals surface area contributed by atoms with E-state index in [1.54, 1.807) is 24.3 Å². The predicted molar refractivity (Wildman–Crippen MR) is 114 cm³/mol. The molecule has 0 atom stereocenters. The minimum atomic E-state index is -0.620. The molecule has 0 aliphatic carbocycles. The van der Waals surface area contributed by atoms with Crippen LogP contribution < -0.4 is 15.5 Å². The van der Waals surface area contributed by atoms with Crippen LogP contribution in [0.3, 0.4) is 0 Å². The number of rotatable bonds is 6. The number of benzene rings is 3. The van der Waals surface area contributed by atoms with Crippen LogP contribution in [-0.4, -0.2) is 22.4 Å². The van der Waals surface area contributed by atoms with Gasteiger partial charge in [-0.05, 0) is 40.6 Å². The van der Waals surface area contributed by atoms with Crippen LogP contribution in [0.15, 0.2) is 76.2 Å². The average Bonchev–Trinajstić information content (AvgIpc) is 3.20. The molecule has 0 radical (unpaired) electrons. The van der Waals surface area contributed by atoms with Crippen LogP contribution in [0, 0.1) is 0 Å². The lowest BCUT2D eigenvalue weighted by Crippen LogP contribution is -2.24. The molecule has 3 aromatic carbocycles. The Morgan fingerprint density at radius 1 is 1.07 bits per heavy atom. The van der Waals surface area contributed by atoms with Gasteiger partial charge in [-0.1, -0.05) is 59.2 Å². The van der Waals surface area contributed by atoms with Crippen molar-refractivity contribution >= 4 is 40.6 Å². The topological polar surface area (TPSA) is 102 Å². The van der Waals surface area contributed by atoms with Gasteiger partial charge in [0.25, 0.3) is 5.89 Å². The van der Waals surface area contributed by atoms with Crippen molar-refractivity contribution in [3.05, 3.63) is 83.2 Å². The predicted octanol–water partition coefficient (Wildman–Crippen LogP) is 4.61. The molecule has 0 saturated heterocycles. The summed E-state index contributed by atoms with van der Waals surface area (Å²) in [5.41, 5.74) is 3.09. The van der Waals surface area contributed by atoms with Gasteiger partial charge in [0.1, 0.15) is 5.75 Å². The van der Waals surface area contributed by atoms with E-state index in [0.29, 0.717) is 10.8 Å². The molecule has 0 bridgehead atoms. The molecule has 1 aromatic heterocycles. The lowest BCUT2D eigenvalue weighted by atomic mass is 10.1. The number of hydrogen-bond acceptors (Lipinski definition) is 6. The van der Waals surface area contributed by atoms with Crippen LogP contribution in [0.2, 0.25) is 5.02 Å². The zero-order chi connectivity index (χ0) is 20.8. The van der Waals surface area contributed by atoms with Gasteiger partial charge >= 0.3 is 12.0 Å². The molecule has 0 saturated carbocycles. The fourth-order valence-corrected chi connectivity index (χ4v) is 2.73. The fraction of sp³-hybridized carbons (Fsp3) is 0.0476. The number of halogens is 1. The first kappa shape index (κ1) is 19.4. The number of nitrogens with zero attached hydrogens (tertiary/aromatic N) is 3. The van der Waals surface area contributed by atoms with Gasteiger partial charge in [-0.25, -0.2) is 10.2 Å². The van der Waals surface area contributed by atoms with Crippen LogP contribution in [0.5, 0.6) is 5.75 Å². The van der Waals surface area contributed by atoms with Gasteiger partial charge in [0.2, 0.25) is 0 Å². The molecule has 2 amide bonds. The number of hydrogen-bond donors (Lipinski definition) is 2. The van der Waals surface area contributed by atoms with E-state index < -0.39 is 6.03 Å². The Hall–Kier alpha value is -3.91. The molecule has 4 aromatic rings. The molecule has 0 fully saturated rings. The maximum atomic E-state index is 11.9. The van der Waals surface area contributed by atoms with Crippen molar-refractivity contribution in [1.29, 1.82) is 0 Å². The van der Waals surface area contributed by atoms with Gasteiger partial charge in [0.05, 0.1) is 6.21 Å². The highest BCUT2D eigenvalue weighted by Crippen LogP contribution is 2.21. The van der Waals surface area contributed by atoms with Crippen LogP contribution >= 0.6 is 11.6 Å². The fourth-order valence-electron chi connectivity index (χ4n) is 2.60. The molecule has 2 N–H and O–H groups in total. The summed E-state index contributed by atoms with van der Waals surface area (Å²) >= 11 is 5.81. The summed E-state index contributed by atoms with van der Waals surface area (Å²) in [6.07, 6.45) is 1.48. The lowest BCUT2D eigenvalue weighted by Gasteiger charge is -2.04. The lowest BCUT2D eigenvalue weighted by molar-refractivity contribution is 0.250. The van der Waals surface area contributed by atoms with Gasteiger partial charge in [-0.3, -0.25) is 5.32 Å². The molecule has 0 aliphatic heterocycles. The number of carbonyl (C=O) groups excluding carboxylic acids is 1. The number of nitrogens with one attached hydrogen (secondary N) is 2. The van der Waals surface area contributed by atoms with E-state index in [4.69, 9.17) is 20.8 Å². The quantitative estimate of drug-likeness (QED) is 0.349. The van der Waals surface area contributed by atoms with Crippen molar-refractivity contribution in [2.75, 3.05) is 5.32 Å². The van der Waals surface area contributed by atoms with Crippen molar-refractivity contribution in [3.63, 3.8) is 0 Å². The summed E-state index contributed by atoms with van der Waals surface area (Å²) < 4.78 is 11.0. The second kappa shape index (κ2) is 9.06. The van der Waals surface area contributed by atoms with Crippen molar-refractivity contribution in [1.82, 2.24) is 15.6 Å². The van der Waals surface area contributed by atoms with Gasteiger partial charge in [0.15, 0.2) is 6.61 Å². The smallest absolute Gasteiger partial charge is 0.343 e. The zero-order valence-corrected chi connectivity index (χ0v) is 16.3. The van der Waals surface area contributed by atoms with Crippen molar-refractivity contribution < 1.29 is 13.9 Å². The molecule has 0 aliphatic rings. The molecule has 0 spiro atoms. The third kappa shape index (κ3) is 5.12. The second-order valence-electron chi connectivity index (χ2n) is 6.17. The van der Waals surface area contributed by atoms with Gasteiger partial charge in [-0.2, -0.15) is 5.10 Å². The van der Waals surface area contributed by atoms with Gasteiger partial charge < -0.3 is 9.15 Å². The number of ether oxygens (including phenoxy) is 1. The molecule has 4 rings (SSSR count). The number of urea groups is 1. The molecule has 9 heteroatoms. The summed E-state index contributed by atoms with van der Waals surface area (Å²) in [7, 11) is 0. The number of aromatic nitrogens is 2. The number of fused-ring (bicyclic) bond motifs is 1.